The van der Waals surface area contributed by atoms with Gasteiger partial charge < -0.3 is 13.5 Å². The molecule has 0 aliphatic carbocycles. The van der Waals surface area contributed by atoms with E-state index < -0.39 is 0 Å². The second-order valence-corrected chi connectivity index (χ2v) is 13.3. The van der Waals surface area contributed by atoms with Crippen molar-refractivity contribution in [1.82, 2.24) is 13.5 Å². The van der Waals surface area contributed by atoms with Gasteiger partial charge in [0, 0.05) is 54.5 Å². The van der Waals surface area contributed by atoms with Gasteiger partial charge in [0.1, 0.15) is 0 Å². The molecule has 8 aromatic carbocycles. The molecule has 12 aromatic rings. The topological polar surface area (TPSA) is 14.3 Å². The van der Waals surface area contributed by atoms with Crippen LogP contribution < -0.4 is 0 Å². The van der Waals surface area contributed by atoms with Gasteiger partial charge in [-0.05, 0) is 59.3 Å². The van der Waals surface area contributed by atoms with Gasteiger partial charge in [-0.2, -0.15) is 0 Å². The van der Waals surface area contributed by atoms with E-state index in [1.807, 2.05) is 0 Å². The summed E-state index contributed by atoms with van der Waals surface area (Å²) in [5.74, 6) is 0. The van der Waals surface area contributed by atoms with Crippen molar-refractivity contribution >= 4 is 92.5 Å². The second-order valence-electron chi connectivity index (χ2n) is 13.3. The summed E-state index contributed by atoms with van der Waals surface area (Å²) in [6.45, 7) is 0. The molecule has 4 heterocycles. The van der Waals surface area contributed by atoms with Gasteiger partial charge in [0.15, 0.2) is 0 Å². The number of aromatic nitrogens is 3. The molecule has 0 bridgehead atoms. The van der Waals surface area contributed by atoms with Gasteiger partial charge >= 0.3 is 0 Å². The van der Waals surface area contributed by atoms with Crippen LogP contribution in [0, 0.1) is 0 Å². The lowest BCUT2D eigenvalue weighted by Gasteiger charge is -2.12. The van der Waals surface area contributed by atoms with E-state index in [1.165, 1.54) is 98.2 Å². The summed E-state index contributed by atoms with van der Waals surface area (Å²) in [5, 5.41) is 12.9. The van der Waals surface area contributed by atoms with Gasteiger partial charge in [-0.1, -0.05) is 115 Å². The Hall–Kier alpha value is -6.58. The van der Waals surface area contributed by atoms with E-state index in [2.05, 4.69) is 177 Å². The molecule has 0 amide bonds. The van der Waals surface area contributed by atoms with Crippen LogP contribution in [0.15, 0.2) is 164 Å². The first-order valence-electron chi connectivity index (χ1n) is 17.0. The molecule has 226 valence electrons. The number of hydrogen-bond donors (Lipinski definition) is 0. The highest BCUT2D eigenvalue weighted by Gasteiger charge is 2.26. The third kappa shape index (κ3) is 3.09. The van der Waals surface area contributed by atoms with Crippen molar-refractivity contribution in [2.24, 2.45) is 0 Å². The summed E-state index contributed by atoms with van der Waals surface area (Å²) in [6.07, 6.45) is 0. The molecule has 3 nitrogen and oxygen atoms in total. The fraction of sp³-hybridized carbons (Fsp3) is 0. The lowest BCUT2D eigenvalue weighted by Crippen LogP contribution is -1.97. The number of hydrogen-bond acceptors (Lipinski definition) is 0. The average molecular weight is 622 g/mol. The van der Waals surface area contributed by atoms with Crippen LogP contribution in [0.4, 0.5) is 0 Å². The molecule has 12 rings (SSSR count). The van der Waals surface area contributed by atoms with Gasteiger partial charge in [-0.3, -0.25) is 0 Å². The van der Waals surface area contributed by atoms with Crippen LogP contribution in [0.2, 0.25) is 0 Å². The van der Waals surface area contributed by atoms with Crippen LogP contribution in [0.25, 0.3) is 104 Å². The van der Waals surface area contributed by atoms with Crippen molar-refractivity contribution < 1.29 is 0 Å². The van der Waals surface area contributed by atoms with E-state index in [-0.39, 0.29) is 0 Å². The molecule has 0 aliphatic rings. The van der Waals surface area contributed by atoms with Crippen molar-refractivity contribution in [2.75, 3.05) is 0 Å². The molecule has 0 fully saturated rings. The van der Waals surface area contributed by atoms with Crippen molar-refractivity contribution in [3.8, 4) is 11.4 Å². The smallest absolute Gasteiger partial charge is 0.0795 e. The standard InChI is InChI=1S/C46H27N3/c1-2-13-28(14-3-1)47-38-22-9-7-16-31(38)37-27-29(25-26-41(37)47)48-40-24-11-8-19-35(40)42-32-17-4-5-18-33(32)43-36-21-12-20-34-30-15-6-10-23-39(30)49(44(34)36)46(43)45(42)48/h1-27H. The second kappa shape index (κ2) is 9.06. The first-order chi connectivity index (χ1) is 24.4. The highest BCUT2D eigenvalue weighted by molar-refractivity contribution is 6.38. The van der Waals surface area contributed by atoms with E-state index in [0.29, 0.717) is 0 Å². The van der Waals surface area contributed by atoms with Gasteiger partial charge in [0.05, 0.1) is 38.6 Å². The summed E-state index contributed by atoms with van der Waals surface area (Å²) < 4.78 is 7.49. The summed E-state index contributed by atoms with van der Waals surface area (Å²) in [5.41, 5.74) is 11.0. The Bertz CT molecular complexity index is 3310. The summed E-state index contributed by atoms with van der Waals surface area (Å²) in [7, 11) is 0. The Balaban J connectivity index is 1.33. The number of benzene rings is 8. The van der Waals surface area contributed by atoms with Gasteiger partial charge in [-0.25, -0.2) is 0 Å². The van der Waals surface area contributed by atoms with E-state index in [1.54, 1.807) is 0 Å². The third-order valence-corrected chi connectivity index (χ3v) is 10.9. The summed E-state index contributed by atoms with van der Waals surface area (Å²) in [4.78, 5) is 0. The van der Waals surface area contributed by atoms with Crippen LogP contribution in [0.5, 0.6) is 0 Å². The summed E-state index contributed by atoms with van der Waals surface area (Å²) >= 11 is 0. The molecule has 0 saturated heterocycles. The molecule has 0 radical (unpaired) electrons. The van der Waals surface area contributed by atoms with Crippen LogP contribution in [-0.4, -0.2) is 13.5 Å². The Morgan fingerprint density at radius 1 is 0.265 bits per heavy atom. The van der Waals surface area contributed by atoms with Crippen molar-refractivity contribution in [3.63, 3.8) is 0 Å². The largest absolute Gasteiger partial charge is 0.309 e. The molecule has 0 atom stereocenters. The Kier molecular flexibility index (Phi) is 4.72. The number of fused-ring (bicyclic) bond motifs is 16. The van der Waals surface area contributed by atoms with Crippen LogP contribution >= 0.6 is 0 Å². The molecule has 0 spiro atoms. The number of rotatable bonds is 2. The lowest BCUT2D eigenvalue weighted by atomic mass is 9.98. The number of para-hydroxylation sites is 5. The molecule has 0 unspecified atom stereocenters. The van der Waals surface area contributed by atoms with Crippen LogP contribution in [0.1, 0.15) is 0 Å². The van der Waals surface area contributed by atoms with Crippen LogP contribution in [0.3, 0.4) is 0 Å². The van der Waals surface area contributed by atoms with Gasteiger partial charge in [0.25, 0.3) is 0 Å². The maximum atomic E-state index is 2.55. The van der Waals surface area contributed by atoms with E-state index >= 15 is 0 Å². The Morgan fingerprint density at radius 3 is 1.55 bits per heavy atom. The fourth-order valence-electron chi connectivity index (χ4n) is 9.07. The highest BCUT2D eigenvalue weighted by Crippen LogP contribution is 2.48. The maximum Gasteiger partial charge on any atom is 0.0795 e. The zero-order valence-electron chi connectivity index (χ0n) is 26.4. The quantitative estimate of drug-likeness (QED) is 0.182. The molecule has 49 heavy (non-hydrogen) atoms. The van der Waals surface area contributed by atoms with E-state index in [0.717, 1.165) is 5.69 Å². The van der Waals surface area contributed by atoms with E-state index in [9.17, 15) is 0 Å². The fourth-order valence-corrected chi connectivity index (χ4v) is 9.07. The molecule has 4 aromatic heterocycles. The first-order valence-corrected chi connectivity index (χ1v) is 17.0. The van der Waals surface area contributed by atoms with Crippen molar-refractivity contribution in [1.29, 1.82) is 0 Å². The van der Waals surface area contributed by atoms with Crippen LogP contribution in [-0.2, 0) is 0 Å². The molecule has 0 N–H and O–H groups in total. The van der Waals surface area contributed by atoms with Crippen molar-refractivity contribution in [3.05, 3.63) is 164 Å². The van der Waals surface area contributed by atoms with Gasteiger partial charge in [-0.15, -0.1) is 0 Å². The molecule has 3 heteroatoms. The predicted octanol–water partition coefficient (Wildman–Crippen LogP) is 12.2. The Labute approximate surface area is 280 Å². The maximum absolute atomic E-state index is 2.55. The number of nitrogens with zero attached hydrogens (tertiary/aromatic N) is 3. The van der Waals surface area contributed by atoms with Crippen molar-refractivity contribution in [2.45, 2.75) is 0 Å². The zero-order valence-corrected chi connectivity index (χ0v) is 26.4. The average Bonchev–Trinajstić information content (AvgIpc) is 3.89. The monoisotopic (exact) mass is 621 g/mol. The normalized spacial score (nSPS) is 12.5. The molecular formula is C46H27N3. The minimum atomic E-state index is 1.16. The Morgan fingerprint density at radius 2 is 0.796 bits per heavy atom. The zero-order chi connectivity index (χ0) is 31.8. The first kappa shape index (κ1) is 25.5. The lowest BCUT2D eigenvalue weighted by molar-refractivity contribution is 1.17. The molecule has 0 aliphatic heterocycles. The molecule has 0 saturated carbocycles. The van der Waals surface area contributed by atoms with E-state index in [4.69, 9.17) is 0 Å². The highest BCUT2D eigenvalue weighted by atomic mass is 15.0. The SMILES string of the molecule is c1ccc(-n2c3ccccc3c3cc(-n4c5ccccc5c5c6ccccc6c6c7cccc8c9ccccc9n(c87)c6c54)ccc32)cc1. The van der Waals surface area contributed by atoms with Gasteiger partial charge in [0.2, 0.25) is 0 Å². The third-order valence-electron chi connectivity index (χ3n) is 10.9. The predicted molar refractivity (Wildman–Crippen MR) is 207 cm³/mol. The minimum Gasteiger partial charge on any atom is -0.309 e. The molecular weight excluding hydrogens is 595 g/mol. The minimum absolute atomic E-state index is 1.16. The summed E-state index contributed by atoms with van der Waals surface area (Å²) in [6, 6.07) is 60.3.